The third-order valence-corrected chi connectivity index (χ3v) is 5.09. The van der Waals surface area contributed by atoms with Gasteiger partial charge in [0.25, 0.3) is 0 Å². The number of nitriles is 1. The Balaban J connectivity index is 2.04. The van der Waals surface area contributed by atoms with Crippen LogP contribution in [0.2, 0.25) is 0 Å². The summed E-state index contributed by atoms with van der Waals surface area (Å²) in [5.41, 5.74) is 6.41. The lowest BCUT2D eigenvalue weighted by atomic mass is 9.93. The van der Waals surface area contributed by atoms with Crippen LogP contribution in [0, 0.1) is 11.3 Å². The molecule has 1 aromatic rings. The monoisotopic (exact) mass is 322 g/mol. The highest BCUT2D eigenvalue weighted by Gasteiger charge is 2.53. The molecule has 0 aliphatic carbocycles. The zero-order valence-electron chi connectivity index (χ0n) is 12.5. The Morgan fingerprint density at radius 1 is 1.64 bits per heavy atom. The highest BCUT2D eigenvalue weighted by Crippen LogP contribution is 2.47. The molecule has 0 amide bonds. The second kappa shape index (κ2) is 5.85. The summed E-state index contributed by atoms with van der Waals surface area (Å²) in [6, 6.07) is 2.32. The van der Waals surface area contributed by atoms with Gasteiger partial charge in [-0.05, 0) is 0 Å². The van der Waals surface area contributed by atoms with Crippen LogP contribution in [0.5, 0.6) is 0 Å². The predicted molar refractivity (Wildman–Crippen MR) is 83.0 cm³/mol. The van der Waals surface area contributed by atoms with E-state index >= 15 is 0 Å². The average molecular weight is 322 g/mol. The minimum Gasteiger partial charge on any atom is -0.383 e. The van der Waals surface area contributed by atoms with E-state index in [1.807, 2.05) is 5.38 Å². The summed E-state index contributed by atoms with van der Waals surface area (Å²) in [4.78, 5) is 4.94. The number of nitrogens with zero attached hydrogens (tertiary/aromatic N) is 2. The molecule has 0 spiro atoms. The van der Waals surface area contributed by atoms with E-state index in [9.17, 15) is 5.26 Å². The molecule has 118 valence electrons. The summed E-state index contributed by atoms with van der Waals surface area (Å²) >= 11 is 1.44. The van der Waals surface area contributed by atoms with Gasteiger partial charge in [-0.3, -0.25) is 0 Å². The van der Waals surface area contributed by atoms with Crippen molar-refractivity contribution in [2.45, 2.75) is 24.2 Å². The Morgan fingerprint density at radius 3 is 3.14 bits per heavy atom. The van der Waals surface area contributed by atoms with E-state index in [1.54, 1.807) is 14.2 Å². The van der Waals surface area contributed by atoms with Gasteiger partial charge in [-0.2, -0.15) is 5.26 Å². The number of nitrogens with two attached hydrogens (primary N) is 1. The van der Waals surface area contributed by atoms with Crippen LogP contribution in [0.3, 0.4) is 0 Å². The van der Waals surface area contributed by atoms with Crippen molar-refractivity contribution in [3.8, 4) is 6.07 Å². The number of aliphatic imine (C=N–C) groups is 1. The minimum absolute atomic E-state index is 0.179. The molecule has 0 bridgehead atoms. The van der Waals surface area contributed by atoms with E-state index in [-0.39, 0.29) is 12.2 Å². The highest BCUT2D eigenvalue weighted by atomic mass is 32.1. The third-order valence-electron chi connectivity index (χ3n) is 4.00. The maximum Gasteiger partial charge on any atom is 0.217 e. The summed E-state index contributed by atoms with van der Waals surface area (Å²) in [6.45, 7) is 0.817. The zero-order valence-corrected chi connectivity index (χ0v) is 13.3. The largest absolute Gasteiger partial charge is 0.383 e. The van der Waals surface area contributed by atoms with Crippen LogP contribution >= 0.6 is 11.3 Å². The molecule has 7 nitrogen and oxygen atoms in total. The maximum atomic E-state index is 9.86. The first-order chi connectivity index (χ1) is 10.7. The van der Waals surface area contributed by atoms with Crippen molar-refractivity contribution < 1.29 is 14.2 Å². The normalized spacial score (nSPS) is 30.3. The molecular weight excluding hydrogens is 304 g/mol. The van der Waals surface area contributed by atoms with Crippen molar-refractivity contribution in [1.29, 1.82) is 5.26 Å². The topological polar surface area (TPSA) is 102 Å². The molecule has 8 heteroatoms. The third kappa shape index (κ3) is 2.18. The number of fused-ring (bicyclic) bond motifs is 1. The molecule has 3 N–H and O–H groups in total. The van der Waals surface area contributed by atoms with Crippen LogP contribution in [0.4, 0.5) is 5.69 Å². The molecular formula is C14H18N4O3S. The average Bonchev–Trinajstić information content (AvgIpc) is 3.10. The van der Waals surface area contributed by atoms with Gasteiger partial charge >= 0.3 is 0 Å². The fourth-order valence-electron chi connectivity index (χ4n) is 2.97. The molecule has 2 aliphatic heterocycles. The molecule has 3 atom stereocenters. The van der Waals surface area contributed by atoms with Crippen molar-refractivity contribution in [2.24, 2.45) is 10.7 Å². The van der Waals surface area contributed by atoms with Crippen molar-refractivity contribution in [2.75, 3.05) is 32.8 Å². The highest BCUT2D eigenvalue weighted by molar-refractivity contribution is 7.11. The lowest BCUT2D eigenvalue weighted by Gasteiger charge is -2.28. The fourth-order valence-corrected chi connectivity index (χ4v) is 4.15. The number of methoxy groups -OCH3 is 2. The number of anilines is 1. The fraction of sp³-hybridized carbons (Fsp3) is 0.571. The van der Waals surface area contributed by atoms with E-state index in [1.165, 1.54) is 11.3 Å². The van der Waals surface area contributed by atoms with Gasteiger partial charge in [0, 0.05) is 26.0 Å². The summed E-state index contributed by atoms with van der Waals surface area (Å²) in [5, 5.41) is 15.0. The van der Waals surface area contributed by atoms with Crippen LogP contribution in [0.15, 0.2) is 10.4 Å². The quantitative estimate of drug-likeness (QED) is 0.857. The molecule has 3 rings (SSSR count). The second-order valence-corrected chi connectivity index (χ2v) is 6.11. The van der Waals surface area contributed by atoms with E-state index in [0.717, 1.165) is 16.1 Å². The molecule has 2 aliphatic rings. The van der Waals surface area contributed by atoms with Gasteiger partial charge in [-0.25, -0.2) is 4.99 Å². The van der Waals surface area contributed by atoms with Crippen molar-refractivity contribution in [3.63, 3.8) is 0 Å². The minimum atomic E-state index is -1.15. The number of rotatable bonds is 4. The Bertz CT molecular complexity index is 639. The van der Waals surface area contributed by atoms with E-state index in [2.05, 4.69) is 16.4 Å². The van der Waals surface area contributed by atoms with Gasteiger partial charge < -0.3 is 25.3 Å². The molecule has 0 saturated carbocycles. The summed E-state index contributed by atoms with van der Waals surface area (Å²) in [7, 11) is 3.21. The molecule has 3 unspecified atom stereocenters. The number of ether oxygens (including phenoxy) is 3. The number of amidine groups is 1. The van der Waals surface area contributed by atoms with E-state index in [4.69, 9.17) is 19.9 Å². The van der Waals surface area contributed by atoms with Crippen molar-refractivity contribution in [3.05, 3.63) is 15.8 Å². The molecule has 1 fully saturated rings. The molecule has 1 saturated heterocycles. The van der Waals surface area contributed by atoms with Gasteiger partial charge in [-0.1, -0.05) is 0 Å². The Morgan fingerprint density at radius 2 is 2.45 bits per heavy atom. The van der Waals surface area contributed by atoms with Gasteiger partial charge in [0.05, 0.1) is 28.8 Å². The predicted octanol–water partition coefficient (Wildman–Crippen LogP) is 1.01. The Labute approximate surface area is 132 Å². The lowest BCUT2D eigenvalue weighted by molar-refractivity contribution is -0.0709. The second-order valence-electron chi connectivity index (χ2n) is 5.23. The van der Waals surface area contributed by atoms with Crippen LogP contribution in [-0.4, -0.2) is 45.5 Å². The first-order valence-electron chi connectivity index (χ1n) is 6.93. The number of hydrogen-bond acceptors (Lipinski definition) is 8. The van der Waals surface area contributed by atoms with Gasteiger partial charge in [0.2, 0.25) is 5.60 Å². The van der Waals surface area contributed by atoms with Crippen molar-refractivity contribution >= 4 is 22.9 Å². The molecule has 22 heavy (non-hydrogen) atoms. The van der Waals surface area contributed by atoms with Crippen LogP contribution in [-0.2, 0) is 19.8 Å². The molecule has 0 aromatic carbocycles. The zero-order chi connectivity index (χ0) is 15.7. The van der Waals surface area contributed by atoms with Crippen LogP contribution in [0.1, 0.15) is 16.9 Å². The number of thiophene rings is 1. The number of nitrogens with one attached hydrogen (secondary N) is 1. The smallest absolute Gasteiger partial charge is 0.217 e. The first-order valence-corrected chi connectivity index (χ1v) is 7.81. The lowest BCUT2D eigenvalue weighted by Crippen LogP contribution is -2.37. The Kier molecular flexibility index (Phi) is 4.06. The first kappa shape index (κ1) is 15.2. The van der Waals surface area contributed by atoms with Gasteiger partial charge in [0.15, 0.2) is 0 Å². The SMILES string of the molecule is COCC1CC(OC)C(C#N)(c2scc3c2NCN=C3N)O1. The summed E-state index contributed by atoms with van der Waals surface area (Å²) in [6.07, 6.45) is 0.0676. The van der Waals surface area contributed by atoms with Crippen molar-refractivity contribution in [1.82, 2.24) is 0 Å². The van der Waals surface area contributed by atoms with Crippen LogP contribution in [0.25, 0.3) is 0 Å². The summed E-state index contributed by atoms with van der Waals surface area (Å²) < 4.78 is 16.8. The van der Waals surface area contributed by atoms with Gasteiger partial charge in [0.1, 0.15) is 24.7 Å². The molecule has 3 heterocycles. The summed E-state index contributed by atoms with van der Waals surface area (Å²) in [5.74, 6) is 0.477. The standard InChI is InChI=1S/C14H18N4O3S/c1-19-4-8-3-10(20-2)14(6-15,21-8)12-11-9(5-22-12)13(16)18-7-17-11/h5,8,10,17H,3-4,7H2,1-2H3,(H2,16,18). The number of hydrogen-bond donors (Lipinski definition) is 2. The van der Waals surface area contributed by atoms with Gasteiger partial charge in [-0.15, -0.1) is 11.3 Å². The van der Waals surface area contributed by atoms with E-state index in [0.29, 0.717) is 25.5 Å². The van der Waals surface area contributed by atoms with Crippen LogP contribution < -0.4 is 11.1 Å². The molecule has 1 aromatic heterocycles. The molecule has 0 radical (unpaired) electrons. The maximum absolute atomic E-state index is 9.86. The Hall–Kier alpha value is -1.66. The van der Waals surface area contributed by atoms with E-state index < -0.39 is 5.60 Å².